The summed E-state index contributed by atoms with van der Waals surface area (Å²) in [5.74, 6) is 0. The molecular weight excluding hydrogens is 306 g/mol. The molecule has 0 amide bonds. The van der Waals surface area contributed by atoms with Gasteiger partial charge in [-0.2, -0.15) is 0 Å². The van der Waals surface area contributed by atoms with Crippen LogP contribution in [0, 0.1) is 0 Å². The molecule has 23 heavy (non-hydrogen) atoms. The van der Waals surface area contributed by atoms with E-state index in [1.807, 2.05) is 60.7 Å². The Balaban J connectivity index is 0.00000192. The highest BCUT2D eigenvalue weighted by Gasteiger charge is 2.12. The molecule has 0 aliphatic heterocycles. The number of anilines is 2. The van der Waals surface area contributed by atoms with Crippen LogP contribution in [0.4, 0.5) is 11.4 Å². The number of halogens is 1. The summed E-state index contributed by atoms with van der Waals surface area (Å²) in [6.07, 6.45) is 7.52. The molecular formula is C19H17ClN3. The summed E-state index contributed by atoms with van der Waals surface area (Å²) in [5.41, 5.74) is 17.9. The first-order chi connectivity index (χ1) is 10.6. The van der Waals surface area contributed by atoms with Gasteiger partial charge in [0, 0.05) is 28.9 Å². The van der Waals surface area contributed by atoms with Crippen LogP contribution in [0.2, 0.25) is 0 Å². The summed E-state index contributed by atoms with van der Waals surface area (Å²) in [5, 5.41) is 7.66. The monoisotopic (exact) mass is 322 g/mol. The van der Waals surface area contributed by atoms with E-state index in [1.54, 1.807) is 12.2 Å². The molecule has 0 atom stereocenters. The summed E-state index contributed by atoms with van der Waals surface area (Å²) in [7, 11) is 0. The fraction of sp³-hybridized carbons (Fsp3) is 0. The summed E-state index contributed by atoms with van der Waals surface area (Å²) in [4.78, 5) is 0. The van der Waals surface area contributed by atoms with Crippen molar-refractivity contribution < 1.29 is 17.8 Å². The summed E-state index contributed by atoms with van der Waals surface area (Å²) in [6, 6.07) is 15.6. The smallest absolute Gasteiger partial charge is 0.267 e. The van der Waals surface area contributed by atoms with E-state index in [1.165, 1.54) is 0 Å². The first kappa shape index (κ1) is 16.6. The minimum Gasteiger partial charge on any atom is -1.00 e. The van der Waals surface area contributed by atoms with Gasteiger partial charge in [0.25, 0.3) is 5.71 Å². The average molecular weight is 323 g/mol. The van der Waals surface area contributed by atoms with Crippen molar-refractivity contribution in [3.63, 3.8) is 0 Å². The zero-order valence-electron chi connectivity index (χ0n) is 12.5. The summed E-state index contributed by atoms with van der Waals surface area (Å²) >= 11 is 0. The number of nitrogens with one attached hydrogen (secondary N) is 1. The van der Waals surface area contributed by atoms with Crippen molar-refractivity contribution >= 4 is 22.7 Å². The molecule has 0 saturated heterocycles. The lowest BCUT2D eigenvalue weighted by Gasteiger charge is -2.13. The number of rotatable bonds is 2. The van der Waals surface area contributed by atoms with E-state index in [0.717, 1.165) is 33.6 Å². The molecule has 0 heterocycles. The van der Waals surface area contributed by atoms with Crippen LogP contribution in [0.1, 0.15) is 11.1 Å². The highest BCUT2D eigenvalue weighted by molar-refractivity contribution is 6.03. The predicted octanol–water partition coefficient (Wildman–Crippen LogP) is -1.23. The van der Waals surface area contributed by atoms with Crippen molar-refractivity contribution in [2.75, 3.05) is 11.5 Å². The number of hydrogen-bond donors (Lipinski definition) is 3. The van der Waals surface area contributed by atoms with Gasteiger partial charge in [0.2, 0.25) is 0 Å². The van der Waals surface area contributed by atoms with Gasteiger partial charge in [0.1, 0.15) is 0 Å². The van der Waals surface area contributed by atoms with Crippen LogP contribution >= 0.6 is 0 Å². The van der Waals surface area contributed by atoms with E-state index >= 15 is 0 Å². The van der Waals surface area contributed by atoms with Crippen LogP contribution in [-0.2, 0) is 0 Å². The van der Waals surface area contributed by atoms with Gasteiger partial charge in [-0.1, -0.05) is 24.3 Å². The average Bonchev–Trinajstić information content (AvgIpc) is 2.53. The molecule has 115 valence electrons. The van der Waals surface area contributed by atoms with E-state index in [2.05, 4.69) is 0 Å². The van der Waals surface area contributed by atoms with E-state index < -0.39 is 0 Å². The second-order valence-corrected chi connectivity index (χ2v) is 5.20. The van der Waals surface area contributed by atoms with Crippen LogP contribution in [0.15, 0.2) is 78.4 Å². The maximum Gasteiger partial charge on any atom is 0.267 e. The SMILES string of the molecule is [Cl-].[NH+]=C1C=CC(=C(c2ccc(N)cc2)c2ccc(N)cc2)C=C1. The topological polar surface area (TPSA) is 75.8 Å². The Kier molecular flexibility index (Phi) is 5.04. The van der Waals surface area contributed by atoms with Gasteiger partial charge in [-0.15, -0.1) is 0 Å². The van der Waals surface area contributed by atoms with E-state index in [0.29, 0.717) is 5.71 Å². The minimum atomic E-state index is 0. The molecule has 0 saturated carbocycles. The summed E-state index contributed by atoms with van der Waals surface area (Å²) < 4.78 is 0. The van der Waals surface area contributed by atoms with Crippen molar-refractivity contribution in [3.05, 3.63) is 89.5 Å². The molecule has 5 N–H and O–H groups in total. The third-order valence-corrected chi connectivity index (χ3v) is 3.57. The third-order valence-electron chi connectivity index (χ3n) is 3.57. The maximum absolute atomic E-state index is 7.66. The van der Waals surface area contributed by atoms with E-state index in [9.17, 15) is 0 Å². The highest BCUT2D eigenvalue weighted by Crippen LogP contribution is 2.30. The molecule has 0 fully saturated rings. The maximum atomic E-state index is 7.66. The van der Waals surface area contributed by atoms with Gasteiger partial charge in [-0.25, -0.2) is 0 Å². The molecule has 3 nitrogen and oxygen atoms in total. The molecule has 0 spiro atoms. The van der Waals surface area contributed by atoms with Crippen LogP contribution in [-0.4, -0.2) is 5.71 Å². The molecule has 0 aromatic heterocycles. The molecule has 2 aromatic carbocycles. The lowest BCUT2D eigenvalue weighted by Crippen LogP contribution is -3.00. The first-order valence-corrected chi connectivity index (χ1v) is 7.04. The van der Waals surface area contributed by atoms with Crippen molar-refractivity contribution in [1.82, 2.24) is 0 Å². The molecule has 3 rings (SSSR count). The fourth-order valence-electron chi connectivity index (χ4n) is 2.44. The number of benzene rings is 2. The lowest BCUT2D eigenvalue weighted by molar-refractivity contribution is -0.110. The van der Waals surface area contributed by atoms with Gasteiger partial charge in [0.15, 0.2) is 0 Å². The Morgan fingerprint density at radius 3 is 1.43 bits per heavy atom. The van der Waals surface area contributed by atoms with Crippen LogP contribution in [0.5, 0.6) is 0 Å². The Morgan fingerprint density at radius 1 is 0.652 bits per heavy atom. The molecule has 1 radical (unpaired) electrons. The highest BCUT2D eigenvalue weighted by atomic mass is 35.5. The zero-order chi connectivity index (χ0) is 15.5. The second kappa shape index (κ2) is 6.99. The van der Waals surface area contributed by atoms with Crippen LogP contribution in [0.25, 0.3) is 5.57 Å². The lowest BCUT2D eigenvalue weighted by atomic mass is 9.90. The van der Waals surface area contributed by atoms with Crippen molar-refractivity contribution in [2.24, 2.45) is 0 Å². The normalized spacial score (nSPS) is 12.9. The number of allylic oxidation sites excluding steroid dienone is 5. The van der Waals surface area contributed by atoms with E-state index in [-0.39, 0.29) is 12.4 Å². The quantitative estimate of drug-likeness (QED) is 0.606. The van der Waals surface area contributed by atoms with E-state index in [4.69, 9.17) is 16.9 Å². The fourth-order valence-corrected chi connectivity index (χ4v) is 2.44. The first-order valence-electron chi connectivity index (χ1n) is 7.04. The Labute approximate surface area is 141 Å². The van der Waals surface area contributed by atoms with Crippen molar-refractivity contribution in [3.8, 4) is 0 Å². The van der Waals surface area contributed by atoms with Crippen molar-refractivity contribution in [2.45, 2.75) is 0 Å². The standard InChI is InChI=1S/C19H17N3.ClH/c20-16-7-1-13(2-8-16)19(14-3-9-17(21)10-4-14)15-5-11-18(22)12-6-15;/h1-12,20H,21-22H2;1H/q+1;/p-1. The molecule has 4 heteroatoms. The Morgan fingerprint density at radius 2 is 1.04 bits per heavy atom. The second-order valence-electron chi connectivity index (χ2n) is 5.20. The molecule has 1 aliphatic rings. The van der Waals surface area contributed by atoms with Crippen LogP contribution in [0.3, 0.4) is 0 Å². The van der Waals surface area contributed by atoms with Gasteiger partial charge < -0.3 is 23.9 Å². The third kappa shape index (κ3) is 3.71. The van der Waals surface area contributed by atoms with Gasteiger partial charge >= 0.3 is 0 Å². The molecule has 2 aromatic rings. The largest absolute Gasteiger partial charge is 1.00 e. The number of nitrogens with two attached hydrogens (primary N) is 2. The molecule has 0 bridgehead atoms. The number of nitrogen functional groups attached to an aromatic ring is 2. The Bertz CT molecular complexity index is 732. The Hall–Kier alpha value is -2.78. The zero-order valence-corrected chi connectivity index (χ0v) is 13.2. The van der Waals surface area contributed by atoms with Crippen LogP contribution < -0.4 is 29.3 Å². The summed E-state index contributed by atoms with van der Waals surface area (Å²) in [6.45, 7) is 0. The van der Waals surface area contributed by atoms with Gasteiger partial charge in [-0.05, 0) is 58.7 Å². The minimum absolute atomic E-state index is 0. The predicted molar refractivity (Wildman–Crippen MR) is 92.0 cm³/mol. The molecule has 0 unspecified atom stereocenters. The van der Waals surface area contributed by atoms with Gasteiger partial charge in [-0.3, -0.25) is 0 Å². The van der Waals surface area contributed by atoms with Gasteiger partial charge in [0.05, 0.1) is 0 Å². The van der Waals surface area contributed by atoms with Crippen molar-refractivity contribution in [1.29, 1.82) is 0 Å². The molecule has 1 aliphatic carbocycles. The number of hydrogen-bond acceptors (Lipinski definition) is 3.